The summed E-state index contributed by atoms with van der Waals surface area (Å²) >= 11 is 6.85. The van der Waals surface area contributed by atoms with Crippen molar-refractivity contribution in [3.63, 3.8) is 0 Å². The summed E-state index contributed by atoms with van der Waals surface area (Å²) in [6.45, 7) is 1.81. The second-order valence-corrected chi connectivity index (χ2v) is 3.05. The van der Waals surface area contributed by atoms with Crippen LogP contribution in [-0.2, 0) is 6.61 Å². The zero-order chi connectivity index (χ0) is 6.85. The molecule has 0 radical (unpaired) electrons. The molecule has 0 fully saturated rings. The van der Waals surface area contributed by atoms with E-state index in [1.807, 2.05) is 6.92 Å². The minimum absolute atomic E-state index is 0.0127. The highest BCUT2D eigenvalue weighted by molar-refractivity contribution is 7.10. The van der Waals surface area contributed by atoms with E-state index < -0.39 is 0 Å². The van der Waals surface area contributed by atoms with Crippen LogP contribution in [0, 0.1) is 6.92 Å². The molecule has 0 atom stereocenters. The topological polar surface area (TPSA) is 33.1 Å². The second-order valence-electron chi connectivity index (χ2n) is 1.68. The third-order valence-electron chi connectivity index (χ3n) is 1.09. The van der Waals surface area contributed by atoms with Gasteiger partial charge in [-0.15, -0.1) is 0 Å². The zero-order valence-electron chi connectivity index (χ0n) is 4.89. The van der Waals surface area contributed by atoms with Crippen LogP contribution in [0.4, 0.5) is 0 Å². The third-order valence-corrected chi connectivity index (χ3v) is 2.30. The van der Waals surface area contributed by atoms with E-state index in [2.05, 4.69) is 4.37 Å². The highest BCUT2D eigenvalue weighted by atomic mass is 35.5. The molecule has 0 aliphatic carbocycles. The Morgan fingerprint density at radius 3 is 2.67 bits per heavy atom. The van der Waals surface area contributed by atoms with E-state index in [4.69, 9.17) is 16.7 Å². The van der Waals surface area contributed by atoms with Crippen LogP contribution in [0.5, 0.6) is 0 Å². The van der Waals surface area contributed by atoms with E-state index in [-0.39, 0.29) is 6.61 Å². The molecule has 4 heteroatoms. The second kappa shape index (κ2) is 2.64. The number of aromatic nitrogens is 1. The van der Waals surface area contributed by atoms with Gasteiger partial charge in [-0.1, -0.05) is 11.6 Å². The van der Waals surface area contributed by atoms with Crippen molar-refractivity contribution in [2.24, 2.45) is 0 Å². The molecule has 0 aliphatic rings. The Morgan fingerprint density at radius 1 is 1.78 bits per heavy atom. The van der Waals surface area contributed by atoms with Gasteiger partial charge in [0.25, 0.3) is 0 Å². The minimum atomic E-state index is -0.0127. The molecule has 0 aliphatic heterocycles. The van der Waals surface area contributed by atoms with Gasteiger partial charge in [0.2, 0.25) is 0 Å². The van der Waals surface area contributed by atoms with Crippen LogP contribution in [0.3, 0.4) is 0 Å². The molecule has 1 rings (SSSR count). The fraction of sp³-hybridized carbons (Fsp3) is 0.400. The largest absolute Gasteiger partial charge is 0.392 e. The fourth-order valence-corrected chi connectivity index (χ4v) is 1.49. The van der Waals surface area contributed by atoms with E-state index in [0.29, 0.717) is 4.34 Å². The molecule has 1 N–H and O–H groups in total. The molecule has 0 saturated carbocycles. The van der Waals surface area contributed by atoms with E-state index in [1.165, 1.54) is 11.5 Å². The van der Waals surface area contributed by atoms with Crippen LogP contribution in [-0.4, -0.2) is 9.48 Å². The van der Waals surface area contributed by atoms with E-state index in [1.54, 1.807) is 0 Å². The molecule has 1 heterocycles. The number of hydrogen-bond acceptors (Lipinski definition) is 3. The number of aliphatic hydroxyl groups is 1. The van der Waals surface area contributed by atoms with Gasteiger partial charge in [-0.3, -0.25) is 0 Å². The van der Waals surface area contributed by atoms with Crippen LogP contribution in [0.15, 0.2) is 0 Å². The standard InChI is InChI=1S/C5H6ClNOS/c1-3-4(2-8)5(6)9-7-3/h8H,2H2,1H3. The average molecular weight is 164 g/mol. The molecule has 0 bridgehead atoms. The first kappa shape index (κ1) is 6.99. The maximum absolute atomic E-state index is 8.67. The predicted octanol–water partition coefficient (Wildman–Crippen LogP) is 1.60. The number of nitrogens with zero attached hydrogens (tertiary/aromatic N) is 1. The number of aliphatic hydroxyl groups excluding tert-OH is 1. The highest BCUT2D eigenvalue weighted by Gasteiger charge is 2.05. The first-order chi connectivity index (χ1) is 4.25. The molecule has 1 aromatic rings. The normalized spacial score (nSPS) is 10.1. The molecule has 0 spiro atoms. The molecule has 0 unspecified atom stereocenters. The molecule has 0 aromatic carbocycles. The van der Waals surface area contributed by atoms with Crippen LogP contribution in [0.2, 0.25) is 4.34 Å². The van der Waals surface area contributed by atoms with Gasteiger partial charge in [0.15, 0.2) is 0 Å². The van der Waals surface area contributed by atoms with Gasteiger partial charge in [-0.05, 0) is 18.5 Å². The van der Waals surface area contributed by atoms with Gasteiger partial charge in [0.05, 0.1) is 12.3 Å². The molecule has 50 valence electrons. The Hall–Kier alpha value is -0.120. The van der Waals surface area contributed by atoms with Crippen molar-refractivity contribution < 1.29 is 5.11 Å². The fourth-order valence-electron chi connectivity index (χ4n) is 0.538. The van der Waals surface area contributed by atoms with Crippen molar-refractivity contribution in [1.82, 2.24) is 4.37 Å². The van der Waals surface area contributed by atoms with Crippen molar-refractivity contribution >= 4 is 23.1 Å². The van der Waals surface area contributed by atoms with Gasteiger partial charge in [0, 0.05) is 5.56 Å². The van der Waals surface area contributed by atoms with E-state index in [0.717, 1.165) is 11.3 Å². The smallest absolute Gasteiger partial charge is 0.119 e. The van der Waals surface area contributed by atoms with E-state index in [9.17, 15) is 0 Å². The van der Waals surface area contributed by atoms with Gasteiger partial charge < -0.3 is 5.11 Å². The summed E-state index contributed by atoms with van der Waals surface area (Å²) < 4.78 is 4.53. The van der Waals surface area contributed by atoms with Crippen molar-refractivity contribution in [3.8, 4) is 0 Å². The van der Waals surface area contributed by atoms with Crippen LogP contribution in [0.1, 0.15) is 11.3 Å². The van der Waals surface area contributed by atoms with Gasteiger partial charge in [-0.2, -0.15) is 4.37 Å². The Kier molecular flexibility index (Phi) is 2.05. The number of aryl methyl sites for hydroxylation is 1. The van der Waals surface area contributed by atoms with Crippen LogP contribution < -0.4 is 0 Å². The van der Waals surface area contributed by atoms with Gasteiger partial charge in [-0.25, -0.2) is 0 Å². The van der Waals surface area contributed by atoms with Gasteiger partial charge >= 0.3 is 0 Å². The summed E-state index contributed by atoms with van der Waals surface area (Å²) in [4.78, 5) is 0. The molecule has 2 nitrogen and oxygen atoms in total. The number of halogens is 1. The Balaban J connectivity index is 3.07. The average Bonchev–Trinajstić information content (AvgIpc) is 2.12. The lowest BCUT2D eigenvalue weighted by Gasteiger charge is -1.88. The highest BCUT2D eigenvalue weighted by Crippen LogP contribution is 2.23. The van der Waals surface area contributed by atoms with Crippen molar-refractivity contribution in [3.05, 3.63) is 15.6 Å². The molecule has 1 aromatic heterocycles. The molecular weight excluding hydrogens is 158 g/mol. The Labute approximate surface area is 62.3 Å². The summed E-state index contributed by atoms with van der Waals surface area (Å²) in [7, 11) is 0. The first-order valence-electron chi connectivity index (χ1n) is 2.47. The summed E-state index contributed by atoms with van der Waals surface area (Å²) in [6, 6.07) is 0. The lowest BCUT2D eigenvalue weighted by Crippen LogP contribution is -1.82. The van der Waals surface area contributed by atoms with Crippen molar-refractivity contribution in [2.45, 2.75) is 13.5 Å². The zero-order valence-corrected chi connectivity index (χ0v) is 6.46. The maximum Gasteiger partial charge on any atom is 0.119 e. The monoisotopic (exact) mass is 163 g/mol. The van der Waals surface area contributed by atoms with E-state index >= 15 is 0 Å². The number of rotatable bonds is 1. The first-order valence-corrected chi connectivity index (χ1v) is 3.62. The molecule has 9 heavy (non-hydrogen) atoms. The predicted molar refractivity (Wildman–Crippen MR) is 37.8 cm³/mol. The Morgan fingerprint density at radius 2 is 2.44 bits per heavy atom. The molecule has 0 amide bonds. The molecular formula is C5H6ClNOS. The lowest BCUT2D eigenvalue weighted by atomic mass is 10.3. The Bertz CT molecular complexity index is 191. The number of hydrogen-bond donors (Lipinski definition) is 1. The molecule has 0 saturated heterocycles. The SMILES string of the molecule is Cc1nsc(Cl)c1CO. The van der Waals surface area contributed by atoms with Gasteiger partial charge in [0.1, 0.15) is 4.34 Å². The minimum Gasteiger partial charge on any atom is -0.392 e. The van der Waals surface area contributed by atoms with Crippen molar-refractivity contribution in [2.75, 3.05) is 0 Å². The summed E-state index contributed by atoms with van der Waals surface area (Å²) in [5, 5.41) is 8.67. The quantitative estimate of drug-likeness (QED) is 0.682. The summed E-state index contributed by atoms with van der Waals surface area (Å²) in [5.74, 6) is 0. The van der Waals surface area contributed by atoms with Crippen LogP contribution >= 0.6 is 23.1 Å². The summed E-state index contributed by atoms with van der Waals surface area (Å²) in [5.41, 5.74) is 1.58. The maximum atomic E-state index is 8.67. The third kappa shape index (κ3) is 1.23. The van der Waals surface area contributed by atoms with Crippen LogP contribution in [0.25, 0.3) is 0 Å². The van der Waals surface area contributed by atoms with Crippen molar-refractivity contribution in [1.29, 1.82) is 0 Å². The lowest BCUT2D eigenvalue weighted by molar-refractivity contribution is 0.281. The summed E-state index contributed by atoms with van der Waals surface area (Å²) in [6.07, 6.45) is 0.